The number of aldehydes is 1. The molecule has 0 aromatic carbocycles. The summed E-state index contributed by atoms with van der Waals surface area (Å²) in [5.74, 6) is 0.826. The van der Waals surface area contributed by atoms with Crippen LogP contribution in [0.5, 0.6) is 0 Å². The van der Waals surface area contributed by atoms with Crippen molar-refractivity contribution in [1.29, 1.82) is 0 Å². The second-order valence-electron chi connectivity index (χ2n) is 4.32. The Kier molecular flexibility index (Phi) is 3.72. The van der Waals surface area contributed by atoms with Gasteiger partial charge in [-0.15, -0.1) is 0 Å². The maximum Gasteiger partial charge on any atom is 0.171 e. The second-order valence-corrected chi connectivity index (χ2v) is 4.32. The van der Waals surface area contributed by atoms with Crippen molar-refractivity contribution in [3.63, 3.8) is 0 Å². The first-order valence-corrected chi connectivity index (χ1v) is 5.98. The second kappa shape index (κ2) is 5.25. The summed E-state index contributed by atoms with van der Waals surface area (Å²) in [5, 5.41) is 3.69. The Labute approximate surface area is 95.6 Å². The summed E-state index contributed by atoms with van der Waals surface area (Å²) in [7, 11) is 0. The van der Waals surface area contributed by atoms with Gasteiger partial charge in [0, 0.05) is 18.5 Å². The third-order valence-corrected chi connectivity index (χ3v) is 3.29. The fourth-order valence-corrected chi connectivity index (χ4v) is 2.42. The van der Waals surface area contributed by atoms with Gasteiger partial charge in [0.05, 0.1) is 0 Å². The Bertz CT molecular complexity index is 349. The number of rotatable bonds is 4. The van der Waals surface area contributed by atoms with E-state index in [1.165, 1.54) is 25.8 Å². The summed E-state index contributed by atoms with van der Waals surface area (Å²) in [6, 6.07) is 2.29. The van der Waals surface area contributed by atoms with Crippen molar-refractivity contribution >= 4 is 6.29 Å². The molecule has 0 spiro atoms. The molecule has 0 saturated carbocycles. The summed E-state index contributed by atoms with van der Waals surface area (Å²) in [6.45, 7) is 4.45. The highest BCUT2D eigenvalue weighted by atomic mass is 16.5. The van der Waals surface area contributed by atoms with Crippen molar-refractivity contribution < 1.29 is 9.32 Å². The average molecular weight is 222 g/mol. The molecule has 0 aliphatic carbocycles. The van der Waals surface area contributed by atoms with E-state index in [9.17, 15) is 4.79 Å². The van der Waals surface area contributed by atoms with Gasteiger partial charge in [-0.25, -0.2) is 0 Å². The van der Waals surface area contributed by atoms with Crippen LogP contribution in [-0.4, -0.2) is 35.5 Å². The summed E-state index contributed by atoms with van der Waals surface area (Å²) in [6.07, 6.45) is 5.39. The molecule has 1 aromatic heterocycles. The van der Waals surface area contributed by atoms with E-state index >= 15 is 0 Å². The van der Waals surface area contributed by atoms with Crippen LogP contribution in [0.3, 0.4) is 0 Å². The van der Waals surface area contributed by atoms with E-state index in [1.807, 2.05) is 0 Å². The molecule has 1 aliphatic heterocycles. The zero-order chi connectivity index (χ0) is 11.4. The first kappa shape index (κ1) is 11.3. The number of carbonyl (C=O) groups is 1. The number of aromatic nitrogens is 1. The van der Waals surface area contributed by atoms with Crippen LogP contribution in [0.15, 0.2) is 10.6 Å². The molecule has 0 N–H and O–H groups in total. The molecule has 1 atom stereocenters. The van der Waals surface area contributed by atoms with Gasteiger partial charge in [0.25, 0.3) is 0 Å². The van der Waals surface area contributed by atoms with Crippen molar-refractivity contribution in [3.05, 3.63) is 17.5 Å². The topological polar surface area (TPSA) is 46.3 Å². The molecule has 2 rings (SSSR count). The molecule has 1 fully saturated rings. The standard InChI is InChI=1S/C12H18N2O2/c1-2-14-6-4-3-5-11(14)8-12-7-10(9-15)13-16-12/h7,9,11H,2-6,8H2,1H3. The number of likely N-dealkylation sites (tertiary alicyclic amines) is 1. The SMILES string of the molecule is CCN1CCCCC1Cc1cc(C=O)no1. The molecule has 0 bridgehead atoms. The van der Waals surface area contributed by atoms with Crippen LogP contribution in [-0.2, 0) is 6.42 Å². The van der Waals surface area contributed by atoms with Crippen molar-refractivity contribution in [2.75, 3.05) is 13.1 Å². The Morgan fingerprint density at radius 1 is 1.62 bits per heavy atom. The summed E-state index contributed by atoms with van der Waals surface area (Å²) in [5.41, 5.74) is 0.397. The zero-order valence-corrected chi connectivity index (χ0v) is 9.69. The highest BCUT2D eigenvalue weighted by molar-refractivity contribution is 5.71. The Balaban J connectivity index is 1.98. The molecular weight excluding hydrogens is 204 g/mol. The third kappa shape index (κ3) is 2.50. The minimum Gasteiger partial charge on any atom is -0.361 e. The van der Waals surface area contributed by atoms with Crippen molar-refractivity contribution in [3.8, 4) is 0 Å². The maximum atomic E-state index is 10.5. The largest absolute Gasteiger partial charge is 0.361 e. The molecule has 1 aromatic rings. The van der Waals surface area contributed by atoms with Gasteiger partial charge in [-0.05, 0) is 25.9 Å². The van der Waals surface area contributed by atoms with Crippen LogP contribution in [0.25, 0.3) is 0 Å². The van der Waals surface area contributed by atoms with Gasteiger partial charge in [-0.3, -0.25) is 4.79 Å². The average Bonchev–Trinajstić information content (AvgIpc) is 2.77. The third-order valence-electron chi connectivity index (χ3n) is 3.29. The lowest BCUT2D eigenvalue weighted by molar-refractivity contribution is 0.111. The number of piperidine rings is 1. The molecule has 88 valence electrons. The van der Waals surface area contributed by atoms with E-state index in [1.54, 1.807) is 6.07 Å². The molecule has 1 saturated heterocycles. The van der Waals surface area contributed by atoms with Gasteiger partial charge in [-0.2, -0.15) is 0 Å². The van der Waals surface area contributed by atoms with Crippen molar-refractivity contribution in [2.45, 2.75) is 38.6 Å². The predicted molar refractivity (Wildman–Crippen MR) is 60.5 cm³/mol. The lowest BCUT2D eigenvalue weighted by Crippen LogP contribution is -2.40. The van der Waals surface area contributed by atoms with Gasteiger partial charge in [0.2, 0.25) is 0 Å². The molecule has 0 radical (unpaired) electrons. The Morgan fingerprint density at radius 3 is 3.19 bits per heavy atom. The van der Waals surface area contributed by atoms with Gasteiger partial charge in [0.15, 0.2) is 6.29 Å². The fourth-order valence-electron chi connectivity index (χ4n) is 2.42. The van der Waals surface area contributed by atoms with E-state index < -0.39 is 0 Å². The van der Waals surface area contributed by atoms with Gasteiger partial charge in [-0.1, -0.05) is 18.5 Å². The van der Waals surface area contributed by atoms with Crippen LogP contribution in [0.2, 0.25) is 0 Å². The first-order valence-electron chi connectivity index (χ1n) is 5.98. The molecular formula is C12H18N2O2. The van der Waals surface area contributed by atoms with Crippen LogP contribution >= 0.6 is 0 Å². The van der Waals surface area contributed by atoms with Gasteiger partial charge >= 0.3 is 0 Å². The lowest BCUT2D eigenvalue weighted by Gasteiger charge is -2.34. The predicted octanol–water partition coefficient (Wildman–Crippen LogP) is 1.90. The molecule has 4 nitrogen and oxygen atoms in total. The summed E-state index contributed by atoms with van der Waals surface area (Å²) < 4.78 is 5.14. The number of hydrogen-bond acceptors (Lipinski definition) is 4. The molecule has 1 unspecified atom stereocenters. The fraction of sp³-hybridized carbons (Fsp3) is 0.667. The monoisotopic (exact) mass is 222 g/mol. The van der Waals surface area contributed by atoms with E-state index in [4.69, 9.17) is 4.52 Å². The number of nitrogens with zero attached hydrogens (tertiary/aromatic N) is 2. The minimum absolute atomic E-state index is 0.397. The van der Waals surface area contributed by atoms with Gasteiger partial charge < -0.3 is 9.42 Å². The maximum absolute atomic E-state index is 10.5. The normalized spacial score (nSPS) is 22.2. The molecule has 4 heteroatoms. The van der Waals surface area contributed by atoms with Gasteiger partial charge in [0.1, 0.15) is 11.5 Å². The van der Waals surface area contributed by atoms with E-state index in [0.717, 1.165) is 25.0 Å². The van der Waals surface area contributed by atoms with E-state index in [-0.39, 0.29) is 0 Å². The van der Waals surface area contributed by atoms with Crippen molar-refractivity contribution in [1.82, 2.24) is 10.1 Å². The molecule has 1 aliphatic rings. The lowest BCUT2D eigenvalue weighted by atomic mass is 9.98. The smallest absolute Gasteiger partial charge is 0.171 e. The minimum atomic E-state index is 0.397. The summed E-state index contributed by atoms with van der Waals surface area (Å²) in [4.78, 5) is 13.0. The molecule has 0 amide bonds. The van der Waals surface area contributed by atoms with Crippen molar-refractivity contribution in [2.24, 2.45) is 0 Å². The number of likely N-dealkylation sites (N-methyl/N-ethyl adjacent to an activating group) is 1. The van der Waals surface area contributed by atoms with E-state index in [2.05, 4.69) is 17.0 Å². The Morgan fingerprint density at radius 2 is 2.50 bits per heavy atom. The highest BCUT2D eigenvalue weighted by Gasteiger charge is 2.22. The van der Waals surface area contributed by atoms with E-state index in [0.29, 0.717) is 11.7 Å². The number of hydrogen-bond donors (Lipinski definition) is 0. The quantitative estimate of drug-likeness (QED) is 0.730. The van der Waals surface area contributed by atoms with Crippen LogP contribution in [0.4, 0.5) is 0 Å². The zero-order valence-electron chi connectivity index (χ0n) is 9.69. The highest BCUT2D eigenvalue weighted by Crippen LogP contribution is 2.20. The first-order chi connectivity index (χ1) is 7.83. The summed E-state index contributed by atoms with van der Waals surface area (Å²) >= 11 is 0. The molecule has 16 heavy (non-hydrogen) atoms. The van der Waals surface area contributed by atoms with Crippen LogP contribution in [0.1, 0.15) is 42.4 Å². The Hall–Kier alpha value is -1.16. The molecule has 2 heterocycles. The van der Waals surface area contributed by atoms with Crippen LogP contribution < -0.4 is 0 Å². The number of carbonyl (C=O) groups excluding carboxylic acids is 1. The van der Waals surface area contributed by atoms with Crippen LogP contribution in [0, 0.1) is 0 Å².